The van der Waals surface area contributed by atoms with E-state index in [-0.39, 0.29) is 23.4 Å². The lowest BCUT2D eigenvalue weighted by molar-refractivity contribution is -0.123. The Morgan fingerprint density at radius 2 is 2.14 bits per heavy atom. The number of nitrogens with one attached hydrogen (secondary N) is 2. The first-order valence-electron chi connectivity index (χ1n) is 9.54. The van der Waals surface area contributed by atoms with E-state index in [4.69, 9.17) is 0 Å². The normalized spacial score (nSPS) is 20.0. The minimum absolute atomic E-state index is 0.00129. The molecule has 0 unspecified atom stereocenters. The SMILES string of the molecule is CSc1ccc(C[C@@]2(CCC(=O)N[C@@H](C)c3nc(C)cs3)CCC(=O)N2)cc1. The molecule has 1 aliphatic rings. The quantitative estimate of drug-likeness (QED) is 0.637. The maximum Gasteiger partial charge on any atom is 0.220 e. The summed E-state index contributed by atoms with van der Waals surface area (Å²) < 4.78 is 0. The van der Waals surface area contributed by atoms with Gasteiger partial charge in [-0.15, -0.1) is 23.1 Å². The van der Waals surface area contributed by atoms with Gasteiger partial charge in [0, 0.05) is 34.4 Å². The Kier molecular flexibility index (Phi) is 6.78. The number of nitrogens with zero attached hydrogens (tertiary/aromatic N) is 1. The summed E-state index contributed by atoms with van der Waals surface area (Å²) in [4.78, 5) is 30.1. The Hall–Kier alpha value is -1.86. The second-order valence-electron chi connectivity index (χ2n) is 7.47. The van der Waals surface area contributed by atoms with Gasteiger partial charge in [-0.3, -0.25) is 9.59 Å². The Morgan fingerprint density at radius 1 is 1.39 bits per heavy atom. The molecule has 1 aromatic heterocycles. The van der Waals surface area contributed by atoms with Crippen LogP contribution in [0.15, 0.2) is 34.5 Å². The van der Waals surface area contributed by atoms with E-state index in [0.29, 0.717) is 19.3 Å². The van der Waals surface area contributed by atoms with Crippen molar-refractivity contribution < 1.29 is 9.59 Å². The number of benzene rings is 1. The topological polar surface area (TPSA) is 71.1 Å². The first kappa shape index (κ1) is 20.9. The Morgan fingerprint density at radius 3 is 2.71 bits per heavy atom. The maximum absolute atomic E-state index is 12.5. The van der Waals surface area contributed by atoms with Gasteiger partial charge in [-0.05, 0) is 57.1 Å². The summed E-state index contributed by atoms with van der Waals surface area (Å²) in [6, 6.07) is 8.35. The molecule has 1 saturated heterocycles. The second-order valence-corrected chi connectivity index (χ2v) is 9.24. The van der Waals surface area contributed by atoms with Gasteiger partial charge in [-0.1, -0.05) is 12.1 Å². The lowest BCUT2D eigenvalue weighted by Crippen LogP contribution is -2.44. The highest BCUT2D eigenvalue weighted by atomic mass is 32.2. The summed E-state index contributed by atoms with van der Waals surface area (Å²) in [6.45, 7) is 3.91. The van der Waals surface area contributed by atoms with Crippen LogP contribution >= 0.6 is 23.1 Å². The molecule has 150 valence electrons. The zero-order valence-electron chi connectivity index (χ0n) is 16.6. The van der Waals surface area contributed by atoms with Crippen molar-refractivity contribution in [1.29, 1.82) is 0 Å². The van der Waals surface area contributed by atoms with Gasteiger partial charge >= 0.3 is 0 Å². The number of carbonyl (C=O) groups is 2. The number of thiazole rings is 1. The van der Waals surface area contributed by atoms with E-state index < -0.39 is 0 Å². The average molecular weight is 418 g/mol. The third kappa shape index (κ3) is 5.35. The average Bonchev–Trinajstić information content (AvgIpc) is 3.27. The molecule has 2 atom stereocenters. The van der Waals surface area contributed by atoms with Gasteiger partial charge in [-0.25, -0.2) is 4.98 Å². The number of amides is 2. The van der Waals surface area contributed by atoms with Crippen molar-refractivity contribution in [1.82, 2.24) is 15.6 Å². The van der Waals surface area contributed by atoms with E-state index in [1.165, 1.54) is 10.5 Å². The molecule has 1 aliphatic heterocycles. The largest absolute Gasteiger partial charge is 0.350 e. The molecule has 0 saturated carbocycles. The number of aromatic nitrogens is 1. The molecule has 0 aliphatic carbocycles. The van der Waals surface area contributed by atoms with Crippen molar-refractivity contribution in [2.45, 2.75) is 62.4 Å². The number of hydrogen-bond donors (Lipinski definition) is 2. The van der Waals surface area contributed by atoms with Crippen molar-refractivity contribution in [3.8, 4) is 0 Å². The van der Waals surface area contributed by atoms with Crippen LogP contribution in [0.4, 0.5) is 0 Å². The van der Waals surface area contributed by atoms with Gasteiger partial charge < -0.3 is 10.6 Å². The highest BCUT2D eigenvalue weighted by Gasteiger charge is 2.37. The molecule has 5 nitrogen and oxygen atoms in total. The Balaban J connectivity index is 1.60. The van der Waals surface area contributed by atoms with E-state index in [9.17, 15) is 9.59 Å². The standard InChI is InChI=1S/C21H27N3O2S2/c1-14-13-28-20(22-14)15(2)23-18(25)8-10-21(11-9-19(26)24-21)12-16-4-6-17(27-3)7-5-16/h4-7,13,15H,8-12H2,1-3H3,(H,23,25)(H,24,26)/t15-,21+/m0/s1. The number of thioether (sulfide) groups is 1. The molecule has 28 heavy (non-hydrogen) atoms. The van der Waals surface area contributed by atoms with Crippen LogP contribution in [-0.4, -0.2) is 28.6 Å². The van der Waals surface area contributed by atoms with E-state index in [1.54, 1.807) is 23.1 Å². The van der Waals surface area contributed by atoms with Gasteiger partial charge in [0.05, 0.1) is 6.04 Å². The molecule has 2 aromatic rings. The fraction of sp³-hybridized carbons (Fsp3) is 0.476. The zero-order valence-corrected chi connectivity index (χ0v) is 18.2. The molecule has 2 heterocycles. The molecule has 3 rings (SSSR count). The zero-order chi connectivity index (χ0) is 20.1. The van der Waals surface area contributed by atoms with Crippen LogP contribution in [-0.2, 0) is 16.0 Å². The molecule has 0 radical (unpaired) electrons. The van der Waals surface area contributed by atoms with Crippen LogP contribution in [0.25, 0.3) is 0 Å². The molecule has 7 heteroatoms. The van der Waals surface area contributed by atoms with Crippen LogP contribution < -0.4 is 10.6 Å². The van der Waals surface area contributed by atoms with Crippen molar-refractivity contribution in [2.24, 2.45) is 0 Å². The smallest absolute Gasteiger partial charge is 0.220 e. The summed E-state index contributed by atoms with van der Waals surface area (Å²) in [5, 5.41) is 9.10. The molecule has 1 aromatic carbocycles. The third-order valence-corrected chi connectivity index (χ3v) is 7.04. The molecule has 1 fully saturated rings. The predicted octanol–water partition coefficient (Wildman–Crippen LogP) is 4.02. The van der Waals surface area contributed by atoms with E-state index in [2.05, 4.69) is 46.1 Å². The Bertz CT molecular complexity index is 834. The summed E-state index contributed by atoms with van der Waals surface area (Å²) in [7, 11) is 0. The van der Waals surface area contributed by atoms with Gasteiger partial charge in [0.2, 0.25) is 11.8 Å². The molecular formula is C21H27N3O2S2. The van der Waals surface area contributed by atoms with E-state index in [1.807, 2.05) is 19.2 Å². The minimum atomic E-state index is -0.337. The monoisotopic (exact) mass is 417 g/mol. The fourth-order valence-corrected chi connectivity index (χ4v) is 4.83. The van der Waals surface area contributed by atoms with Crippen molar-refractivity contribution in [3.63, 3.8) is 0 Å². The number of aryl methyl sites for hydroxylation is 1. The van der Waals surface area contributed by atoms with Crippen molar-refractivity contribution in [3.05, 3.63) is 45.9 Å². The molecular weight excluding hydrogens is 390 g/mol. The molecule has 2 amide bonds. The Labute approximate surface area is 174 Å². The fourth-order valence-electron chi connectivity index (χ4n) is 3.62. The number of hydrogen-bond acceptors (Lipinski definition) is 5. The number of rotatable bonds is 8. The van der Waals surface area contributed by atoms with E-state index in [0.717, 1.165) is 23.5 Å². The first-order valence-corrected chi connectivity index (χ1v) is 11.6. The van der Waals surface area contributed by atoms with Crippen LogP contribution in [0.3, 0.4) is 0 Å². The molecule has 2 N–H and O–H groups in total. The van der Waals surface area contributed by atoms with Crippen molar-refractivity contribution in [2.75, 3.05) is 6.26 Å². The lowest BCUT2D eigenvalue weighted by atomic mass is 9.85. The first-order chi connectivity index (χ1) is 13.4. The van der Waals surface area contributed by atoms with E-state index >= 15 is 0 Å². The van der Waals surface area contributed by atoms with Gasteiger partial charge in [0.1, 0.15) is 5.01 Å². The summed E-state index contributed by atoms with van der Waals surface area (Å²) in [6.07, 6.45) is 5.13. The summed E-state index contributed by atoms with van der Waals surface area (Å²) in [5.41, 5.74) is 1.82. The lowest BCUT2D eigenvalue weighted by Gasteiger charge is -2.29. The van der Waals surface area contributed by atoms with Gasteiger partial charge in [-0.2, -0.15) is 0 Å². The maximum atomic E-state index is 12.5. The summed E-state index contributed by atoms with van der Waals surface area (Å²) in [5.74, 6) is 0.0754. The highest BCUT2D eigenvalue weighted by Crippen LogP contribution is 2.30. The summed E-state index contributed by atoms with van der Waals surface area (Å²) >= 11 is 3.27. The van der Waals surface area contributed by atoms with Crippen LogP contribution in [0.5, 0.6) is 0 Å². The van der Waals surface area contributed by atoms with Crippen LogP contribution in [0.1, 0.15) is 54.9 Å². The third-order valence-electron chi connectivity index (χ3n) is 5.15. The van der Waals surface area contributed by atoms with Gasteiger partial charge in [0.15, 0.2) is 0 Å². The van der Waals surface area contributed by atoms with Gasteiger partial charge in [0.25, 0.3) is 0 Å². The minimum Gasteiger partial charge on any atom is -0.350 e. The molecule has 0 bridgehead atoms. The second kappa shape index (κ2) is 9.09. The predicted molar refractivity (Wildman–Crippen MR) is 115 cm³/mol. The molecule has 0 spiro atoms. The number of carbonyl (C=O) groups excluding carboxylic acids is 2. The highest BCUT2D eigenvalue weighted by molar-refractivity contribution is 7.98. The van der Waals surface area contributed by atoms with Crippen LogP contribution in [0, 0.1) is 6.92 Å². The van der Waals surface area contributed by atoms with Crippen LogP contribution in [0.2, 0.25) is 0 Å². The van der Waals surface area contributed by atoms with Crippen molar-refractivity contribution >= 4 is 34.9 Å².